The predicted octanol–water partition coefficient (Wildman–Crippen LogP) is 0.747. The average molecular weight is 432 g/mol. The smallest absolute Gasteiger partial charge is 1.00 e. The van der Waals surface area contributed by atoms with Gasteiger partial charge in [0.05, 0.1) is 0 Å². The zero-order valence-electron chi connectivity index (χ0n) is 17.1. The molecule has 25 heavy (non-hydrogen) atoms. The fraction of sp³-hybridized carbons (Fsp3) is 1.00. The number of rotatable bonds is 19. The van der Waals surface area contributed by atoms with E-state index in [4.69, 9.17) is 3.32 Å². The van der Waals surface area contributed by atoms with Crippen molar-refractivity contribution in [1.82, 2.24) is 3.38 Å². The summed E-state index contributed by atoms with van der Waals surface area (Å²) in [4.78, 5) is 0. The van der Waals surface area contributed by atoms with E-state index in [9.17, 15) is 0 Å². The Morgan fingerprint density at radius 3 is 1.40 bits per heavy atom. The molecular formula is C20H43Cl2NOTi. The van der Waals surface area contributed by atoms with Gasteiger partial charge in [-0.05, 0) is 0 Å². The maximum Gasteiger partial charge on any atom is -1.00 e. The average Bonchev–Trinajstić information content (AvgIpc) is 2.57. The maximum atomic E-state index is 5.98. The first-order valence-corrected chi connectivity index (χ1v) is 11.8. The number of halogens is 2. The molecule has 0 aromatic carbocycles. The minimum absolute atomic E-state index is 0. The normalized spacial score (nSPS) is 10.2. The van der Waals surface area contributed by atoms with Crippen molar-refractivity contribution >= 4 is 0 Å². The molecule has 0 aliphatic carbocycles. The van der Waals surface area contributed by atoms with Crippen LogP contribution in [0.5, 0.6) is 0 Å². The molecule has 152 valence electrons. The largest absolute Gasteiger partial charge is 1.00 e. The Morgan fingerprint density at radius 1 is 0.560 bits per heavy atom. The fourth-order valence-corrected chi connectivity index (χ4v) is 4.15. The van der Waals surface area contributed by atoms with Gasteiger partial charge in [0.25, 0.3) is 0 Å². The molecule has 0 atom stereocenters. The summed E-state index contributed by atoms with van der Waals surface area (Å²) in [6.07, 6.45) is 19.3. The zero-order chi connectivity index (χ0) is 17.0. The second-order valence-corrected chi connectivity index (χ2v) is 8.54. The Balaban J connectivity index is -0.00000242. The summed E-state index contributed by atoms with van der Waals surface area (Å²) in [6.45, 7) is 10.4. The van der Waals surface area contributed by atoms with Crippen LogP contribution in [0.3, 0.4) is 0 Å². The molecule has 0 saturated carbocycles. The monoisotopic (exact) mass is 431 g/mol. The van der Waals surface area contributed by atoms with Crippen molar-refractivity contribution < 1.29 is 47.9 Å². The molecule has 0 aromatic heterocycles. The minimum Gasteiger partial charge on any atom is -1.00 e. The first-order valence-electron chi connectivity index (χ1n) is 10.5. The maximum absolute atomic E-state index is 5.98. The summed E-state index contributed by atoms with van der Waals surface area (Å²) >= 11 is -0.319. The van der Waals surface area contributed by atoms with Crippen LogP contribution in [0.4, 0.5) is 0 Å². The fourth-order valence-electron chi connectivity index (χ4n) is 2.72. The summed E-state index contributed by atoms with van der Waals surface area (Å²) in [5, 5.41) is 0. The molecule has 0 N–H and O–H groups in total. The van der Waals surface area contributed by atoms with E-state index in [2.05, 4.69) is 24.2 Å². The summed E-state index contributed by atoms with van der Waals surface area (Å²) in [5.41, 5.74) is 0. The molecule has 0 radical (unpaired) electrons. The number of unbranched alkanes of at least 4 members (excludes halogenated alkanes) is 11. The molecule has 0 aliphatic heterocycles. The standard InChI is InChI=1S/C16H34N.C4H9O.2ClH.Ti/c1-3-5-7-9-11-13-15-17-16-14-12-10-8-6-4-2;1-2-3-4-5;;;/h3-16H2,1-2H3;2-4H2,1H3;2*1H;/q2*-1;;;+4/p-2. The van der Waals surface area contributed by atoms with E-state index in [0.717, 1.165) is 6.61 Å². The molecule has 0 rings (SSSR count). The SMILES string of the molecule is CCCCCCCC[N](CCCCCCCC)[Ti+2][O]CCCC.[Cl-].[Cl-]. The molecule has 0 fully saturated rings. The Labute approximate surface area is 181 Å². The van der Waals surface area contributed by atoms with E-state index in [1.165, 1.54) is 103 Å². The molecule has 0 aromatic rings. The third kappa shape index (κ3) is 25.2. The quantitative estimate of drug-likeness (QED) is 0.221. The first-order chi connectivity index (χ1) is 11.3. The van der Waals surface area contributed by atoms with Crippen molar-refractivity contribution in [3.8, 4) is 0 Å². The van der Waals surface area contributed by atoms with Crippen LogP contribution in [0, 0.1) is 0 Å². The summed E-state index contributed by atoms with van der Waals surface area (Å²) < 4.78 is 8.65. The molecular weight excluding hydrogens is 389 g/mol. The van der Waals surface area contributed by atoms with Crippen LogP contribution in [-0.2, 0) is 23.1 Å². The van der Waals surface area contributed by atoms with Gasteiger partial charge in [0.15, 0.2) is 0 Å². The molecule has 0 spiro atoms. The van der Waals surface area contributed by atoms with Gasteiger partial charge >= 0.3 is 157 Å². The van der Waals surface area contributed by atoms with E-state index >= 15 is 0 Å². The van der Waals surface area contributed by atoms with Gasteiger partial charge in [-0.25, -0.2) is 0 Å². The molecule has 0 aliphatic rings. The number of hydrogen-bond acceptors (Lipinski definition) is 2. The third-order valence-electron chi connectivity index (χ3n) is 4.36. The van der Waals surface area contributed by atoms with Crippen LogP contribution in [0.2, 0.25) is 0 Å². The van der Waals surface area contributed by atoms with Gasteiger partial charge in [0.2, 0.25) is 0 Å². The van der Waals surface area contributed by atoms with Crippen molar-refractivity contribution in [3.05, 3.63) is 0 Å². The second kappa shape index (κ2) is 27.4. The van der Waals surface area contributed by atoms with E-state index in [1.807, 2.05) is 0 Å². The van der Waals surface area contributed by atoms with Crippen LogP contribution < -0.4 is 24.8 Å². The van der Waals surface area contributed by atoms with Gasteiger partial charge in [-0.15, -0.1) is 0 Å². The van der Waals surface area contributed by atoms with Gasteiger partial charge in [0.1, 0.15) is 0 Å². The van der Waals surface area contributed by atoms with Crippen molar-refractivity contribution in [2.24, 2.45) is 0 Å². The molecule has 0 saturated heterocycles. The summed E-state index contributed by atoms with van der Waals surface area (Å²) in [7, 11) is 0. The minimum atomic E-state index is -0.319. The topological polar surface area (TPSA) is 12.5 Å². The van der Waals surface area contributed by atoms with Crippen molar-refractivity contribution in [2.45, 2.75) is 111 Å². The molecule has 2 nitrogen and oxygen atoms in total. The van der Waals surface area contributed by atoms with Gasteiger partial charge < -0.3 is 24.8 Å². The number of nitrogens with zero attached hydrogens (tertiary/aromatic N) is 1. The number of hydrogen-bond donors (Lipinski definition) is 0. The van der Waals surface area contributed by atoms with Crippen molar-refractivity contribution in [1.29, 1.82) is 0 Å². The van der Waals surface area contributed by atoms with Gasteiger partial charge in [0, 0.05) is 0 Å². The zero-order valence-corrected chi connectivity index (χ0v) is 20.2. The van der Waals surface area contributed by atoms with Crippen LogP contribution >= 0.6 is 0 Å². The molecule has 0 unspecified atom stereocenters. The van der Waals surface area contributed by atoms with E-state index in [-0.39, 0.29) is 44.6 Å². The second-order valence-electron chi connectivity index (χ2n) is 6.82. The first kappa shape index (κ1) is 30.9. The van der Waals surface area contributed by atoms with Crippen LogP contribution in [0.25, 0.3) is 0 Å². The molecule has 0 bridgehead atoms. The Kier molecular flexibility index (Phi) is 33.9. The summed E-state index contributed by atoms with van der Waals surface area (Å²) in [5.74, 6) is 0. The predicted molar refractivity (Wildman–Crippen MR) is 99.2 cm³/mol. The molecule has 0 amide bonds. The van der Waals surface area contributed by atoms with E-state index in [0.29, 0.717) is 0 Å². The van der Waals surface area contributed by atoms with E-state index in [1.54, 1.807) is 0 Å². The van der Waals surface area contributed by atoms with E-state index < -0.39 is 0 Å². The van der Waals surface area contributed by atoms with Gasteiger partial charge in [-0.1, -0.05) is 0 Å². The van der Waals surface area contributed by atoms with Crippen molar-refractivity contribution in [2.75, 3.05) is 19.7 Å². The Hall–Kier alpha value is 1.21. The van der Waals surface area contributed by atoms with Crippen molar-refractivity contribution in [3.63, 3.8) is 0 Å². The van der Waals surface area contributed by atoms with Crippen LogP contribution in [0.1, 0.15) is 111 Å². The Morgan fingerprint density at radius 2 is 0.960 bits per heavy atom. The third-order valence-corrected chi connectivity index (χ3v) is 5.98. The van der Waals surface area contributed by atoms with Crippen LogP contribution in [0.15, 0.2) is 0 Å². The van der Waals surface area contributed by atoms with Gasteiger partial charge in [-0.3, -0.25) is 0 Å². The Bertz CT molecular complexity index is 208. The van der Waals surface area contributed by atoms with Crippen LogP contribution in [-0.4, -0.2) is 23.1 Å². The molecule has 0 heterocycles. The summed E-state index contributed by atoms with van der Waals surface area (Å²) in [6, 6.07) is 0. The van der Waals surface area contributed by atoms with Gasteiger partial charge in [-0.2, -0.15) is 0 Å². The molecule has 5 heteroatoms.